The molecule has 0 bridgehead atoms. The maximum absolute atomic E-state index is 12.5. The Hall–Kier alpha value is -2.70. The van der Waals surface area contributed by atoms with Crippen LogP contribution in [0.1, 0.15) is 25.7 Å². The largest absolute Gasteiger partial charge is 0.350 e. The fourth-order valence-corrected chi connectivity index (χ4v) is 4.71. The van der Waals surface area contributed by atoms with Crippen LogP contribution in [0, 0.1) is 20.2 Å². The van der Waals surface area contributed by atoms with Crippen LogP contribution in [-0.2, 0) is 9.47 Å². The highest BCUT2D eigenvalue weighted by molar-refractivity contribution is 7.22. The first-order valence-corrected chi connectivity index (χ1v) is 10.0. The summed E-state index contributed by atoms with van der Waals surface area (Å²) >= 11 is 0.991. The third kappa shape index (κ3) is 3.78. The number of anilines is 1. The van der Waals surface area contributed by atoms with Crippen molar-refractivity contribution in [2.45, 2.75) is 31.5 Å². The van der Waals surface area contributed by atoms with Gasteiger partial charge in [0.15, 0.2) is 10.9 Å². The fourth-order valence-electron chi connectivity index (χ4n) is 3.59. The third-order valence-electron chi connectivity index (χ3n) is 5.15. The molecule has 154 valence electrons. The molecule has 2 saturated heterocycles. The predicted octanol–water partition coefficient (Wildman–Crippen LogP) is 2.60. The summed E-state index contributed by atoms with van der Waals surface area (Å²) in [6, 6.07) is 1.91. The summed E-state index contributed by atoms with van der Waals surface area (Å²) in [6.45, 7) is 2.34. The second-order valence-corrected chi connectivity index (χ2v) is 7.94. The average molecular weight is 422 g/mol. The maximum Gasteiger partial charge on any atom is 0.294 e. The van der Waals surface area contributed by atoms with Crippen LogP contribution in [0.5, 0.6) is 0 Å². The topological polar surface area (TPSA) is 138 Å². The van der Waals surface area contributed by atoms with Gasteiger partial charge < -0.3 is 14.4 Å². The normalized spacial score (nSPS) is 19.2. The Bertz CT molecular complexity index is 1020. The molecule has 11 nitrogen and oxygen atoms in total. The lowest BCUT2D eigenvalue weighted by molar-refractivity contribution is -0.392. The van der Waals surface area contributed by atoms with Gasteiger partial charge in [0, 0.05) is 32.0 Å². The van der Waals surface area contributed by atoms with Gasteiger partial charge in [-0.25, -0.2) is 0 Å². The monoisotopic (exact) mass is 422 g/mol. The lowest BCUT2D eigenvalue weighted by Gasteiger charge is -2.40. The van der Waals surface area contributed by atoms with E-state index in [1.807, 2.05) is 4.90 Å². The molecule has 0 atom stereocenters. The molecule has 12 heteroatoms. The van der Waals surface area contributed by atoms with Gasteiger partial charge in [0.2, 0.25) is 0 Å². The molecule has 2 aliphatic heterocycles. The molecule has 0 radical (unpaired) electrons. The van der Waals surface area contributed by atoms with E-state index in [0.29, 0.717) is 44.3 Å². The van der Waals surface area contributed by atoms with Gasteiger partial charge in [0.1, 0.15) is 4.70 Å². The second-order valence-electron chi connectivity index (χ2n) is 6.96. The van der Waals surface area contributed by atoms with Gasteiger partial charge in [0.05, 0.1) is 34.5 Å². The van der Waals surface area contributed by atoms with E-state index in [0.717, 1.165) is 36.3 Å². The van der Waals surface area contributed by atoms with Crippen molar-refractivity contribution in [1.29, 1.82) is 0 Å². The number of aromatic nitrogens is 1. The molecule has 1 aromatic carbocycles. The molecular formula is C17H18N4O7S. The van der Waals surface area contributed by atoms with Crippen molar-refractivity contribution in [3.63, 3.8) is 0 Å². The standard InChI is InChI=1S/C17H18N4O7S/c22-15-12-9-11(20(23)24)10-13(21(25)26)14(12)29-16(18-15)19-5-3-17(4-6-19)27-7-1-2-8-28-17/h9-10H,1-8H2. The fraction of sp³-hybridized carbons (Fsp3) is 0.529. The zero-order chi connectivity index (χ0) is 20.6. The van der Waals surface area contributed by atoms with E-state index in [-0.39, 0.29) is 10.1 Å². The number of ether oxygens (including phenoxy) is 2. The van der Waals surface area contributed by atoms with E-state index in [1.54, 1.807) is 0 Å². The first kappa shape index (κ1) is 19.6. The lowest BCUT2D eigenvalue weighted by atomic mass is 10.0. The van der Waals surface area contributed by atoms with Crippen LogP contribution in [0.4, 0.5) is 16.5 Å². The Morgan fingerprint density at radius 2 is 1.72 bits per heavy atom. The molecule has 2 aromatic rings. The Morgan fingerprint density at radius 3 is 2.31 bits per heavy atom. The molecule has 0 amide bonds. The summed E-state index contributed by atoms with van der Waals surface area (Å²) in [6.07, 6.45) is 3.09. The van der Waals surface area contributed by atoms with Crippen LogP contribution in [0.3, 0.4) is 0 Å². The zero-order valence-corrected chi connectivity index (χ0v) is 16.2. The zero-order valence-electron chi connectivity index (χ0n) is 15.4. The lowest BCUT2D eigenvalue weighted by Crippen LogP contribution is -2.48. The van der Waals surface area contributed by atoms with Crippen molar-refractivity contribution in [3.05, 3.63) is 42.7 Å². The van der Waals surface area contributed by atoms with Gasteiger partial charge in [-0.15, -0.1) is 0 Å². The van der Waals surface area contributed by atoms with E-state index in [2.05, 4.69) is 4.98 Å². The minimum atomic E-state index is -0.763. The number of fused-ring (bicyclic) bond motifs is 1. The number of piperidine rings is 1. The first-order chi connectivity index (χ1) is 13.9. The van der Waals surface area contributed by atoms with Crippen LogP contribution >= 0.6 is 11.3 Å². The summed E-state index contributed by atoms with van der Waals surface area (Å²) in [5, 5.41) is 22.7. The number of rotatable bonds is 3. The van der Waals surface area contributed by atoms with Crippen LogP contribution in [0.15, 0.2) is 16.9 Å². The molecule has 3 heterocycles. The highest BCUT2D eigenvalue weighted by Gasteiger charge is 2.38. The quantitative estimate of drug-likeness (QED) is 0.539. The Morgan fingerprint density at radius 1 is 1.07 bits per heavy atom. The van der Waals surface area contributed by atoms with Crippen LogP contribution < -0.4 is 10.5 Å². The molecule has 0 saturated carbocycles. The molecule has 4 rings (SSSR count). The molecule has 2 aliphatic rings. The van der Waals surface area contributed by atoms with Crippen LogP contribution in [0.2, 0.25) is 0 Å². The van der Waals surface area contributed by atoms with E-state index < -0.39 is 32.6 Å². The van der Waals surface area contributed by atoms with E-state index >= 15 is 0 Å². The molecular weight excluding hydrogens is 404 g/mol. The Labute approximate surface area is 168 Å². The number of non-ortho nitro benzene ring substituents is 2. The smallest absolute Gasteiger partial charge is 0.294 e. The van der Waals surface area contributed by atoms with Gasteiger partial charge in [-0.2, -0.15) is 4.98 Å². The molecule has 29 heavy (non-hydrogen) atoms. The Kier molecular flexibility index (Phi) is 5.15. The van der Waals surface area contributed by atoms with Crippen molar-refractivity contribution in [3.8, 4) is 0 Å². The molecule has 0 N–H and O–H groups in total. The SMILES string of the molecule is O=c1nc(N2CCC3(CC2)OCCCCO3)sc2c([N+](=O)[O-])cc([N+](=O)[O-])cc12. The predicted molar refractivity (Wildman–Crippen MR) is 105 cm³/mol. The number of nitro benzene ring substituents is 2. The van der Waals surface area contributed by atoms with Crippen molar-refractivity contribution >= 4 is 37.9 Å². The minimum Gasteiger partial charge on any atom is -0.350 e. The van der Waals surface area contributed by atoms with E-state index in [9.17, 15) is 25.0 Å². The highest BCUT2D eigenvalue weighted by Crippen LogP contribution is 2.37. The van der Waals surface area contributed by atoms with Gasteiger partial charge in [-0.05, 0) is 12.8 Å². The number of nitro groups is 2. The number of hydrogen-bond acceptors (Lipinski definition) is 10. The Balaban J connectivity index is 1.68. The van der Waals surface area contributed by atoms with E-state index in [4.69, 9.17) is 9.47 Å². The van der Waals surface area contributed by atoms with Crippen LogP contribution in [-0.4, -0.2) is 46.9 Å². The summed E-state index contributed by atoms with van der Waals surface area (Å²) in [4.78, 5) is 39.4. The van der Waals surface area contributed by atoms with Crippen molar-refractivity contribution in [2.24, 2.45) is 0 Å². The van der Waals surface area contributed by atoms with Crippen molar-refractivity contribution < 1.29 is 19.3 Å². The molecule has 0 unspecified atom stereocenters. The highest BCUT2D eigenvalue weighted by atomic mass is 32.1. The van der Waals surface area contributed by atoms with Gasteiger partial charge >= 0.3 is 0 Å². The molecule has 0 aliphatic carbocycles. The molecule has 1 spiro atoms. The van der Waals surface area contributed by atoms with Gasteiger partial charge in [0.25, 0.3) is 16.9 Å². The maximum atomic E-state index is 12.5. The number of nitrogens with zero attached hydrogens (tertiary/aromatic N) is 4. The summed E-state index contributed by atoms with van der Waals surface area (Å²) in [5.74, 6) is -0.624. The number of benzene rings is 1. The first-order valence-electron chi connectivity index (χ1n) is 9.19. The molecule has 2 fully saturated rings. The van der Waals surface area contributed by atoms with Crippen molar-refractivity contribution in [1.82, 2.24) is 4.98 Å². The molecule has 1 aromatic heterocycles. The minimum absolute atomic E-state index is 0.0813. The summed E-state index contributed by atoms with van der Waals surface area (Å²) in [5.41, 5.74) is -1.70. The van der Waals surface area contributed by atoms with E-state index in [1.165, 1.54) is 0 Å². The van der Waals surface area contributed by atoms with Crippen LogP contribution in [0.25, 0.3) is 10.1 Å². The van der Waals surface area contributed by atoms with Gasteiger partial charge in [-0.3, -0.25) is 25.0 Å². The summed E-state index contributed by atoms with van der Waals surface area (Å²) < 4.78 is 11.9. The number of hydrogen-bond donors (Lipinski definition) is 0. The van der Waals surface area contributed by atoms with Gasteiger partial charge in [-0.1, -0.05) is 11.3 Å². The second kappa shape index (κ2) is 7.61. The average Bonchev–Trinajstić information content (AvgIpc) is 2.93. The third-order valence-corrected chi connectivity index (χ3v) is 6.31. The van der Waals surface area contributed by atoms with Crippen molar-refractivity contribution in [2.75, 3.05) is 31.2 Å². The summed E-state index contributed by atoms with van der Waals surface area (Å²) in [7, 11) is 0.